The summed E-state index contributed by atoms with van der Waals surface area (Å²) in [6.07, 6.45) is 2.66. The molecule has 1 N–H and O–H groups in total. The van der Waals surface area contributed by atoms with Gasteiger partial charge in [-0.3, -0.25) is 0 Å². The van der Waals surface area contributed by atoms with Crippen LogP contribution in [0.2, 0.25) is 0 Å². The molecule has 1 rings (SSSR count). The van der Waals surface area contributed by atoms with Crippen LogP contribution in [0.15, 0.2) is 11.6 Å². The Labute approximate surface area is 133 Å². The second kappa shape index (κ2) is 8.09. The predicted molar refractivity (Wildman–Crippen MR) is 84.3 cm³/mol. The summed E-state index contributed by atoms with van der Waals surface area (Å²) in [5, 5.41) is 10.5. The molecule has 5 atom stereocenters. The van der Waals surface area contributed by atoms with E-state index in [0.717, 1.165) is 12.8 Å². The van der Waals surface area contributed by atoms with Gasteiger partial charge in [0.15, 0.2) is 12.4 Å². The maximum Gasteiger partial charge on any atom is 0.333 e. The van der Waals surface area contributed by atoms with Crippen molar-refractivity contribution >= 4 is 5.97 Å². The number of aliphatic hydroxyl groups is 1. The van der Waals surface area contributed by atoms with Crippen LogP contribution in [0.25, 0.3) is 0 Å². The van der Waals surface area contributed by atoms with E-state index in [1.54, 1.807) is 20.8 Å². The minimum atomic E-state index is -1.18. The number of carbonyl (C=O) groups excluding carboxylic acids is 1. The maximum atomic E-state index is 12.2. The van der Waals surface area contributed by atoms with Gasteiger partial charge in [-0.25, -0.2) is 4.79 Å². The Hall–Kier alpha value is -0.910. The first kappa shape index (κ1) is 19.1. The quantitative estimate of drug-likeness (QED) is 0.603. The van der Waals surface area contributed by atoms with Crippen molar-refractivity contribution in [2.45, 2.75) is 78.0 Å². The monoisotopic (exact) mass is 314 g/mol. The molecule has 1 saturated heterocycles. The minimum Gasteiger partial charge on any atom is -0.453 e. The lowest BCUT2D eigenvalue weighted by Gasteiger charge is -2.43. The first-order chi connectivity index (χ1) is 10.2. The number of carbonyl (C=O) groups is 1. The molecule has 0 aromatic carbocycles. The third kappa shape index (κ3) is 5.07. The zero-order valence-electron chi connectivity index (χ0n) is 14.6. The van der Waals surface area contributed by atoms with Gasteiger partial charge in [-0.1, -0.05) is 26.3 Å². The molecule has 1 aliphatic heterocycles. The van der Waals surface area contributed by atoms with Crippen molar-refractivity contribution in [3.8, 4) is 0 Å². The molecule has 1 fully saturated rings. The van der Waals surface area contributed by atoms with Gasteiger partial charge in [-0.2, -0.15) is 0 Å². The van der Waals surface area contributed by atoms with Gasteiger partial charge in [0, 0.05) is 19.1 Å². The molecule has 0 unspecified atom stereocenters. The first-order valence-electron chi connectivity index (χ1n) is 8.01. The molecule has 0 bridgehead atoms. The number of methoxy groups -OCH3 is 1. The number of hydrogen-bond donors (Lipinski definition) is 1. The molecule has 0 aliphatic carbocycles. The second-order valence-corrected chi connectivity index (χ2v) is 6.51. The number of ether oxygens (including phenoxy) is 3. The van der Waals surface area contributed by atoms with Gasteiger partial charge in [-0.15, -0.1) is 0 Å². The molecule has 0 aromatic rings. The van der Waals surface area contributed by atoms with Gasteiger partial charge in [0.05, 0.1) is 6.10 Å². The van der Waals surface area contributed by atoms with Crippen LogP contribution in [0, 0.1) is 5.92 Å². The van der Waals surface area contributed by atoms with Crippen LogP contribution in [0.5, 0.6) is 0 Å². The van der Waals surface area contributed by atoms with Crippen LogP contribution in [0.3, 0.4) is 0 Å². The summed E-state index contributed by atoms with van der Waals surface area (Å²) >= 11 is 0. The van der Waals surface area contributed by atoms with E-state index in [2.05, 4.69) is 13.8 Å². The highest BCUT2D eigenvalue weighted by Crippen LogP contribution is 2.32. The van der Waals surface area contributed by atoms with E-state index in [1.807, 2.05) is 6.08 Å². The molecule has 0 radical (unpaired) electrons. The minimum absolute atomic E-state index is 0.265. The zero-order chi connectivity index (χ0) is 16.9. The molecule has 0 amide bonds. The molecule has 0 spiro atoms. The first-order valence-corrected chi connectivity index (χ1v) is 8.01. The number of rotatable bonds is 6. The van der Waals surface area contributed by atoms with Crippen LogP contribution in [0.4, 0.5) is 0 Å². The summed E-state index contributed by atoms with van der Waals surface area (Å²) in [6, 6.07) is 0. The Morgan fingerprint density at radius 2 is 2.18 bits per heavy atom. The van der Waals surface area contributed by atoms with Crippen molar-refractivity contribution in [3.63, 3.8) is 0 Å². The van der Waals surface area contributed by atoms with Crippen LogP contribution >= 0.6 is 0 Å². The van der Waals surface area contributed by atoms with Crippen LogP contribution in [0.1, 0.15) is 53.9 Å². The molecular weight excluding hydrogens is 284 g/mol. The molecule has 1 heterocycles. The third-order valence-electron chi connectivity index (χ3n) is 4.08. The fourth-order valence-electron chi connectivity index (χ4n) is 2.92. The van der Waals surface area contributed by atoms with Gasteiger partial charge < -0.3 is 19.3 Å². The fraction of sp³-hybridized carbons (Fsp3) is 0.824. The van der Waals surface area contributed by atoms with Crippen LogP contribution in [-0.2, 0) is 19.0 Å². The molecule has 1 aliphatic rings. The maximum absolute atomic E-state index is 12.2. The van der Waals surface area contributed by atoms with Crippen molar-refractivity contribution in [3.05, 3.63) is 11.6 Å². The van der Waals surface area contributed by atoms with Crippen molar-refractivity contribution < 1.29 is 24.1 Å². The van der Waals surface area contributed by atoms with E-state index in [-0.39, 0.29) is 6.42 Å². The van der Waals surface area contributed by atoms with Gasteiger partial charge in [0.2, 0.25) is 0 Å². The van der Waals surface area contributed by atoms with E-state index in [9.17, 15) is 9.90 Å². The Balaban J connectivity index is 2.74. The summed E-state index contributed by atoms with van der Waals surface area (Å²) in [5.74, 6) is -0.0736. The molecule has 0 saturated carbocycles. The zero-order valence-corrected chi connectivity index (χ0v) is 14.6. The highest BCUT2D eigenvalue weighted by molar-refractivity contribution is 5.88. The Bertz CT molecular complexity index is 402. The van der Waals surface area contributed by atoms with Crippen molar-refractivity contribution in [2.75, 3.05) is 7.11 Å². The average Bonchev–Trinajstić information content (AvgIpc) is 2.41. The highest BCUT2D eigenvalue weighted by Gasteiger charge is 2.46. The molecular formula is C17H30O5. The summed E-state index contributed by atoms with van der Waals surface area (Å²) in [6.45, 7) is 9.36. The molecule has 0 aromatic heterocycles. The topological polar surface area (TPSA) is 65.0 Å². The summed E-state index contributed by atoms with van der Waals surface area (Å²) in [4.78, 5) is 12.2. The van der Waals surface area contributed by atoms with Gasteiger partial charge in [0.25, 0.3) is 0 Å². The lowest BCUT2D eigenvalue weighted by molar-refractivity contribution is -0.269. The smallest absolute Gasteiger partial charge is 0.333 e. The number of esters is 1. The van der Waals surface area contributed by atoms with Crippen molar-refractivity contribution in [1.29, 1.82) is 0 Å². The predicted octanol–water partition coefficient (Wildman–Crippen LogP) is 2.81. The molecule has 5 nitrogen and oxygen atoms in total. The summed E-state index contributed by atoms with van der Waals surface area (Å²) in [5.41, 5.74) is -0.610. The van der Waals surface area contributed by atoms with E-state index in [0.29, 0.717) is 11.5 Å². The van der Waals surface area contributed by atoms with E-state index in [4.69, 9.17) is 14.2 Å². The number of hydrogen-bond acceptors (Lipinski definition) is 5. The van der Waals surface area contributed by atoms with E-state index in [1.165, 1.54) is 7.11 Å². The highest BCUT2D eigenvalue weighted by atomic mass is 16.7. The molecule has 22 heavy (non-hydrogen) atoms. The normalized spacial score (nSPS) is 34.3. The second-order valence-electron chi connectivity index (χ2n) is 6.51. The van der Waals surface area contributed by atoms with Gasteiger partial charge >= 0.3 is 5.97 Å². The Kier molecular flexibility index (Phi) is 7.03. The lowest BCUT2D eigenvalue weighted by Crippen LogP contribution is -2.56. The fourth-order valence-corrected chi connectivity index (χ4v) is 2.92. The van der Waals surface area contributed by atoms with Crippen molar-refractivity contribution in [2.24, 2.45) is 5.92 Å². The van der Waals surface area contributed by atoms with Gasteiger partial charge in [0.1, 0.15) is 5.60 Å². The van der Waals surface area contributed by atoms with Crippen LogP contribution < -0.4 is 0 Å². The van der Waals surface area contributed by atoms with E-state index >= 15 is 0 Å². The Morgan fingerprint density at radius 1 is 1.55 bits per heavy atom. The van der Waals surface area contributed by atoms with E-state index < -0.39 is 30.1 Å². The lowest BCUT2D eigenvalue weighted by atomic mass is 9.88. The largest absolute Gasteiger partial charge is 0.453 e. The standard InChI is InChI=1S/C17H30O5/c1-7-8-11(2)9-12(3)16(18)22-15-13(4)21-14(20-6)10-17(15,5)19/h9,11,13-15,19H,7-8,10H2,1-6H3/b12-9-/t11-,13+,14+,15-,17-/m1/s1. The summed E-state index contributed by atoms with van der Waals surface area (Å²) < 4.78 is 16.3. The number of allylic oxidation sites excluding steroid dienone is 1. The Morgan fingerprint density at radius 3 is 2.68 bits per heavy atom. The molecule has 128 valence electrons. The average molecular weight is 314 g/mol. The SMILES string of the molecule is CCC[C@@H](C)/C=C(/C)C(=O)O[C@@H]1[C@H](C)O[C@H](OC)C[C@@]1(C)O. The third-order valence-corrected chi connectivity index (χ3v) is 4.08. The van der Waals surface area contributed by atoms with Gasteiger partial charge in [-0.05, 0) is 33.1 Å². The summed E-state index contributed by atoms with van der Waals surface area (Å²) in [7, 11) is 1.53. The van der Waals surface area contributed by atoms with Crippen LogP contribution in [-0.4, -0.2) is 42.3 Å². The van der Waals surface area contributed by atoms with Crippen molar-refractivity contribution in [1.82, 2.24) is 0 Å². The molecule has 5 heteroatoms.